The lowest BCUT2D eigenvalue weighted by Crippen LogP contribution is -2.34. The normalized spacial score (nSPS) is 22.6. The molecule has 1 fully saturated rings. The lowest BCUT2D eigenvalue weighted by Gasteiger charge is -2.23. The molecular weight excluding hydrogens is 291 g/mol. The summed E-state index contributed by atoms with van der Waals surface area (Å²) in [4.78, 5) is 4.54. The Bertz CT molecular complexity index is 519. The number of halogens is 3. The van der Waals surface area contributed by atoms with Crippen LogP contribution in [0.4, 0.5) is 13.2 Å². The van der Waals surface area contributed by atoms with Gasteiger partial charge in [-0.1, -0.05) is 31.0 Å². The zero-order valence-electron chi connectivity index (χ0n) is 10.7. The summed E-state index contributed by atoms with van der Waals surface area (Å²) < 4.78 is 39.2. The van der Waals surface area contributed by atoms with Gasteiger partial charge in [0.2, 0.25) is 5.16 Å². The predicted octanol–water partition coefficient (Wildman–Crippen LogP) is 2.68. The average Bonchev–Trinajstić information content (AvgIpc) is 2.83. The maximum atomic E-state index is 12.8. The Morgan fingerprint density at radius 3 is 2.65 bits per heavy atom. The summed E-state index contributed by atoms with van der Waals surface area (Å²) in [5.41, 5.74) is 2.70. The highest BCUT2D eigenvalue weighted by Crippen LogP contribution is 2.31. The summed E-state index contributed by atoms with van der Waals surface area (Å²) in [6, 6.07) is 0.221. The molecule has 0 spiro atoms. The molecule has 1 aliphatic carbocycles. The molecule has 1 aromatic rings. The van der Waals surface area contributed by atoms with Gasteiger partial charge in [0.25, 0.3) is 5.82 Å². The van der Waals surface area contributed by atoms with Gasteiger partial charge < -0.3 is 0 Å². The first kappa shape index (κ1) is 13.7. The van der Waals surface area contributed by atoms with Gasteiger partial charge in [0, 0.05) is 0 Å². The number of thioether (sulfide) groups is 1. The second-order valence-electron chi connectivity index (χ2n) is 4.91. The summed E-state index contributed by atoms with van der Waals surface area (Å²) in [5, 5.41) is 6.96. The molecule has 9 heteroatoms. The van der Waals surface area contributed by atoms with E-state index < -0.39 is 12.0 Å². The van der Waals surface area contributed by atoms with Crippen molar-refractivity contribution in [1.29, 1.82) is 0 Å². The molecule has 1 saturated carbocycles. The second kappa shape index (κ2) is 5.27. The minimum atomic E-state index is -4.52. The molecule has 3 rings (SSSR count). The number of nitrogens with one attached hydrogen (secondary N) is 1. The van der Waals surface area contributed by atoms with Crippen molar-refractivity contribution in [2.75, 3.05) is 11.2 Å². The zero-order valence-corrected chi connectivity index (χ0v) is 11.5. The van der Waals surface area contributed by atoms with Gasteiger partial charge in [-0.3, -0.25) is 10.4 Å². The van der Waals surface area contributed by atoms with E-state index in [1.54, 1.807) is 0 Å². The number of rotatable bonds is 1. The quantitative estimate of drug-likeness (QED) is 0.866. The van der Waals surface area contributed by atoms with Gasteiger partial charge in [0.1, 0.15) is 5.84 Å². The molecule has 2 aliphatic rings. The second-order valence-corrected chi connectivity index (χ2v) is 5.85. The van der Waals surface area contributed by atoms with Crippen molar-refractivity contribution in [3.63, 3.8) is 0 Å². The van der Waals surface area contributed by atoms with Crippen LogP contribution in [-0.2, 0) is 6.18 Å². The Kier molecular flexibility index (Phi) is 3.61. The highest BCUT2D eigenvalue weighted by molar-refractivity contribution is 7.99. The number of aromatic nitrogens is 3. The minimum Gasteiger partial charge on any atom is -0.277 e. The van der Waals surface area contributed by atoms with Gasteiger partial charge in [0.05, 0.1) is 11.8 Å². The van der Waals surface area contributed by atoms with Crippen molar-refractivity contribution in [3.8, 4) is 0 Å². The molecule has 0 radical (unpaired) electrons. The Labute approximate surface area is 118 Å². The van der Waals surface area contributed by atoms with Crippen molar-refractivity contribution in [1.82, 2.24) is 14.9 Å². The zero-order chi connectivity index (χ0) is 14.2. The molecule has 0 aromatic carbocycles. The Morgan fingerprint density at radius 1 is 1.20 bits per heavy atom. The Balaban J connectivity index is 1.80. The monoisotopic (exact) mass is 305 g/mol. The summed E-state index contributed by atoms with van der Waals surface area (Å²) in [5.74, 6) is 0.0442. The molecule has 0 unspecified atom stereocenters. The fourth-order valence-corrected chi connectivity index (χ4v) is 3.20. The van der Waals surface area contributed by atoms with Gasteiger partial charge in [0.15, 0.2) is 0 Å². The first-order valence-electron chi connectivity index (χ1n) is 6.53. The van der Waals surface area contributed by atoms with Gasteiger partial charge in [-0.05, 0) is 12.8 Å². The number of hydrogen-bond acceptors (Lipinski definition) is 4. The van der Waals surface area contributed by atoms with Crippen LogP contribution < -0.4 is 5.43 Å². The summed E-state index contributed by atoms with van der Waals surface area (Å²) in [6.45, 7) is 0. The molecule has 1 aliphatic heterocycles. The standard InChI is InChI=1S/C11H14F3N5S/c12-11(13,14)9-16-17-10-19(9)18-8(6-20-10)15-7-4-2-1-3-5-7/h7H,1-6H2,(H,15,18). The number of nitrogens with zero attached hydrogens (tertiary/aromatic N) is 4. The largest absolute Gasteiger partial charge is 0.453 e. The topological polar surface area (TPSA) is 55.1 Å². The lowest BCUT2D eigenvalue weighted by atomic mass is 9.96. The van der Waals surface area contributed by atoms with E-state index in [2.05, 4.69) is 20.6 Å². The van der Waals surface area contributed by atoms with E-state index in [1.165, 1.54) is 18.2 Å². The summed E-state index contributed by atoms with van der Waals surface area (Å²) in [6.07, 6.45) is 0.998. The molecule has 20 heavy (non-hydrogen) atoms. The molecule has 2 heterocycles. The van der Waals surface area contributed by atoms with E-state index in [9.17, 15) is 13.2 Å². The lowest BCUT2D eigenvalue weighted by molar-refractivity contribution is -0.146. The van der Waals surface area contributed by atoms with E-state index in [1.807, 2.05) is 0 Å². The van der Waals surface area contributed by atoms with Gasteiger partial charge in [-0.15, -0.1) is 10.2 Å². The van der Waals surface area contributed by atoms with Crippen LogP contribution in [0, 0.1) is 0 Å². The van der Waals surface area contributed by atoms with Gasteiger partial charge >= 0.3 is 6.18 Å². The molecule has 5 nitrogen and oxygen atoms in total. The average molecular weight is 305 g/mol. The van der Waals surface area contributed by atoms with Crippen LogP contribution >= 0.6 is 11.8 Å². The Hall–Kier alpha value is -1.25. The Morgan fingerprint density at radius 2 is 1.95 bits per heavy atom. The molecular formula is C11H14F3N5S. The highest BCUT2D eigenvalue weighted by atomic mass is 32.2. The number of alkyl halides is 3. The fourth-order valence-electron chi connectivity index (χ4n) is 2.44. The molecule has 110 valence electrons. The van der Waals surface area contributed by atoms with Crippen molar-refractivity contribution < 1.29 is 13.2 Å². The number of hydrogen-bond donors (Lipinski definition) is 1. The molecule has 1 N–H and O–H groups in total. The van der Waals surface area contributed by atoms with Crippen LogP contribution in [0.25, 0.3) is 0 Å². The molecule has 1 aromatic heterocycles. The van der Waals surface area contributed by atoms with Crippen LogP contribution in [0.1, 0.15) is 37.9 Å². The van der Waals surface area contributed by atoms with Crippen LogP contribution in [0.15, 0.2) is 10.1 Å². The third-order valence-electron chi connectivity index (χ3n) is 3.38. The summed E-state index contributed by atoms with van der Waals surface area (Å²) in [7, 11) is 0. The fraction of sp³-hybridized carbons (Fsp3) is 0.727. The first-order chi connectivity index (χ1) is 9.54. The molecule has 0 saturated heterocycles. The third-order valence-corrected chi connectivity index (χ3v) is 4.32. The minimum absolute atomic E-state index is 0.221. The van der Waals surface area contributed by atoms with Crippen LogP contribution in [-0.4, -0.2) is 32.5 Å². The van der Waals surface area contributed by atoms with E-state index in [0.29, 0.717) is 11.6 Å². The third kappa shape index (κ3) is 2.77. The van der Waals surface area contributed by atoms with Crippen LogP contribution in [0.2, 0.25) is 0 Å². The van der Waals surface area contributed by atoms with E-state index in [0.717, 1.165) is 30.4 Å². The highest BCUT2D eigenvalue weighted by Gasteiger charge is 2.40. The summed E-state index contributed by atoms with van der Waals surface area (Å²) >= 11 is 1.22. The number of amidine groups is 1. The molecule has 0 amide bonds. The maximum Gasteiger partial charge on any atom is 0.453 e. The van der Waals surface area contributed by atoms with E-state index in [-0.39, 0.29) is 11.2 Å². The van der Waals surface area contributed by atoms with E-state index in [4.69, 9.17) is 0 Å². The predicted molar refractivity (Wildman–Crippen MR) is 69.4 cm³/mol. The number of fused-ring (bicyclic) bond motifs is 1. The van der Waals surface area contributed by atoms with Crippen LogP contribution in [0.5, 0.6) is 0 Å². The van der Waals surface area contributed by atoms with Crippen molar-refractivity contribution >= 4 is 17.6 Å². The molecule has 0 atom stereocenters. The van der Waals surface area contributed by atoms with Gasteiger partial charge in [-0.2, -0.15) is 13.2 Å². The smallest absolute Gasteiger partial charge is 0.277 e. The van der Waals surface area contributed by atoms with Crippen molar-refractivity contribution in [2.45, 2.75) is 49.5 Å². The number of aliphatic imine (C=N–C) groups is 1. The molecule has 0 bridgehead atoms. The van der Waals surface area contributed by atoms with Crippen molar-refractivity contribution in [2.24, 2.45) is 4.99 Å². The van der Waals surface area contributed by atoms with Crippen molar-refractivity contribution in [3.05, 3.63) is 5.82 Å². The van der Waals surface area contributed by atoms with E-state index >= 15 is 0 Å². The SMILES string of the molecule is FC(F)(F)c1nnc2n1NC(=NC1CCCCC1)CS2. The first-order valence-corrected chi connectivity index (χ1v) is 7.52. The van der Waals surface area contributed by atoms with Gasteiger partial charge in [-0.25, -0.2) is 4.68 Å². The maximum absolute atomic E-state index is 12.8. The van der Waals surface area contributed by atoms with Crippen LogP contribution in [0.3, 0.4) is 0 Å².